The Bertz CT molecular complexity index is 1210. The van der Waals surface area contributed by atoms with Gasteiger partial charge in [-0.15, -0.1) is 0 Å². The predicted octanol–water partition coefficient (Wildman–Crippen LogP) is 5.32. The third kappa shape index (κ3) is 5.18. The molecule has 2 heterocycles. The summed E-state index contributed by atoms with van der Waals surface area (Å²) in [5.74, 6) is 0.833. The van der Waals surface area contributed by atoms with Crippen molar-refractivity contribution in [3.8, 4) is 5.75 Å². The molecule has 6 nitrogen and oxygen atoms in total. The number of pyridine rings is 1. The van der Waals surface area contributed by atoms with Crippen LogP contribution in [0.4, 0.5) is 11.4 Å². The molecule has 0 atom stereocenters. The van der Waals surface area contributed by atoms with E-state index in [1.165, 1.54) is 5.56 Å². The van der Waals surface area contributed by atoms with Crippen molar-refractivity contribution in [1.82, 2.24) is 10.3 Å². The molecule has 0 saturated heterocycles. The summed E-state index contributed by atoms with van der Waals surface area (Å²) in [6.45, 7) is 0.758. The van der Waals surface area contributed by atoms with Crippen LogP contribution in [0, 0.1) is 0 Å². The zero-order chi connectivity index (χ0) is 23.4. The van der Waals surface area contributed by atoms with E-state index in [0.29, 0.717) is 6.04 Å². The fraction of sp³-hybridized carbons (Fsp3) is 0.393. The Morgan fingerprint density at radius 1 is 1.09 bits per heavy atom. The van der Waals surface area contributed by atoms with Crippen molar-refractivity contribution in [3.05, 3.63) is 60.3 Å². The summed E-state index contributed by atoms with van der Waals surface area (Å²) in [5, 5.41) is 16.1. The molecule has 2 N–H and O–H groups in total. The van der Waals surface area contributed by atoms with Crippen LogP contribution in [-0.4, -0.2) is 47.3 Å². The lowest BCUT2D eigenvalue weighted by Crippen LogP contribution is -2.43. The number of methoxy groups -OCH3 is 1. The van der Waals surface area contributed by atoms with Crippen LogP contribution >= 0.6 is 0 Å². The quantitative estimate of drug-likeness (QED) is 0.504. The second-order valence-electron chi connectivity index (χ2n) is 9.42. The van der Waals surface area contributed by atoms with E-state index in [0.717, 1.165) is 85.2 Å². The standard InChI is InChI=1S/C28H32N4O2/c1-34-23-6-7-25-24(18-23)20(11-16-29-25)8-13-28(33)14-9-21(10-15-28)31-19-22-12-17-30-26-4-2-3-5-27(26)32-22/h2-7,11,16-18,21,31,33H,8-10,12-15,19H2,1H3. The monoisotopic (exact) mass is 456 g/mol. The van der Waals surface area contributed by atoms with Crippen LogP contribution in [0.25, 0.3) is 10.9 Å². The van der Waals surface area contributed by atoms with Gasteiger partial charge in [0.15, 0.2) is 0 Å². The molecule has 5 rings (SSSR count). The second-order valence-corrected chi connectivity index (χ2v) is 9.42. The lowest BCUT2D eigenvalue weighted by Gasteiger charge is -2.36. The first-order chi connectivity index (χ1) is 16.6. The van der Waals surface area contributed by atoms with Gasteiger partial charge in [-0.1, -0.05) is 12.1 Å². The molecule has 1 fully saturated rings. The van der Waals surface area contributed by atoms with E-state index < -0.39 is 5.60 Å². The Morgan fingerprint density at radius 2 is 1.91 bits per heavy atom. The molecule has 6 heteroatoms. The molecule has 0 spiro atoms. The van der Waals surface area contributed by atoms with E-state index in [2.05, 4.69) is 21.4 Å². The maximum Gasteiger partial charge on any atom is 0.119 e. The number of rotatable bonds is 7. The van der Waals surface area contributed by atoms with E-state index in [-0.39, 0.29) is 0 Å². The maximum atomic E-state index is 11.3. The lowest BCUT2D eigenvalue weighted by atomic mass is 9.78. The molecule has 176 valence electrons. The van der Waals surface area contributed by atoms with Gasteiger partial charge >= 0.3 is 0 Å². The second kappa shape index (κ2) is 10.0. The van der Waals surface area contributed by atoms with E-state index in [9.17, 15) is 5.11 Å². The molecule has 0 bridgehead atoms. The third-order valence-corrected chi connectivity index (χ3v) is 7.13. The molecule has 1 aliphatic carbocycles. The highest BCUT2D eigenvalue weighted by atomic mass is 16.5. The van der Waals surface area contributed by atoms with Gasteiger partial charge < -0.3 is 15.2 Å². The maximum absolute atomic E-state index is 11.3. The Labute approximate surface area is 200 Å². The van der Waals surface area contributed by atoms with Crippen molar-refractivity contribution in [2.24, 2.45) is 9.98 Å². The fourth-order valence-electron chi connectivity index (χ4n) is 5.01. The molecule has 0 amide bonds. The van der Waals surface area contributed by atoms with Gasteiger partial charge in [0.1, 0.15) is 5.75 Å². The van der Waals surface area contributed by atoms with Crippen LogP contribution in [0.3, 0.4) is 0 Å². The number of nitrogens with zero attached hydrogens (tertiary/aromatic N) is 3. The molecule has 1 saturated carbocycles. The molecule has 34 heavy (non-hydrogen) atoms. The highest BCUT2D eigenvalue weighted by Crippen LogP contribution is 2.34. The number of fused-ring (bicyclic) bond motifs is 2. The molecular weight excluding hydrogens is 424 g/mol. The van der Waals surface area contributed by atoms with E-state index >= 15 is 0 Å². The number of hydrogen-bond donors (Lipinski definition) is 2. The Morgan fingerprint density at radius 3 is 2.74 bits per heavy atom. The summed E-state index contributed by atoms with van der Waals surface area (Å²) in [7, 11) is 1.68. The van der Waals surface area contributed by atoms with Crippen LogP contribution in [-0.2, 0) is 6.42 Å². The molecule has 1 aliphatic heterocycles. The molecule has 3 aromatic rings. The van der Waals surface area contributed by atoms with Gasteiger partial charge in [0.25, 0.3) is 0 Å². The number of aliphatic hydroxyl groups is 1. The average molecular weight is 457 g/mol. The molecular formula is C28H32N4O2. The molecule has 2 aromatic carbocycles. The summed E-state index contributed by atoms with van der Waals surface area (Å²) in [6, 6.07) is 16.5. The van der Waals surface area contributed by atoms with Gasteiger partial charge in [-0.2, -0.15) is 0 Å². The highest BCUT2D eigenvalue weighted by molar-refractivity contribution is 6.01. The number of benzene rings is 2. The first kappa shape index (κ1) is 22.7. The van der Waals surface area contributed by atoms with E-state index in [1.54, 1.807) is 7.11 Å². The first-order valence-electron chi connectivity index (χ1n) is 12.2. The smallest absolute Gasteiger partial charge is 0.119 e. The summed E-state index contributed by atoms with van der Waals surface area (Å²) >= 11 is 0. The SMILES string of the molecule is COc1ccc2nccc(CCC3(O)CCC(NCC4=Nc5ccccc5N=CC4)CC3)c2c1. The minimum Gasteiger partial charge on any atom is -0.497 e. The van der Waals surface area contributed by atoms with Crippen molar-refractivity contribution < 1.29 is 9.84 Å². The highest BCUT2D eigenvalue weighted by Gasteiger charge is 2.33. The van der Waals surface area contributed by atoms with Crippen LogP contribution in [0.15, 0.2) is 64.7 Å². The largest absolute Gasteiger partial charge is 0.497 e. The summed E-state index contributed by atoms with van der Waals surface area (Å²) < 4.78 is 5.39. The zero-order valence-electron chi connectivity index (χ0n) is 19.7. The van der Waals surface area contributed by atoms with Gasteiger partial charge in [-0.3, -0.25) is 15.0 Å². The third-order valence-electron chi connectivity index (χ3n) is 7.13. The molecule has 1 aromatic heterocycles. The zero-order valence-corrected chi connectivity index (χ0v) is 19.7. The van der Waals surface area contributed by atoms with Crippen molar-refractivity contribution in [3.63, 3.8) is 0 Å². The number of aryl methyl sites for hydroxylation is 1. The topological polar surface area (TPSA) is 79.1 Å². The number of aliphatic imine (C=N–C) groups is 2. The Kier molecular flexibility index (Phi) is 6.70. The molecule has 0 unspecified atom stereocenters. The first-order valence-corrected chi connectivity index (χ1v) is 12.2. The predicted molar refractivity (Wildman–Crippen MR) is 138 cm³/mol. The van der Waals surface area contributed by atoms with Gasteiger partial charge in [-0.05, 0) is 80.5 Å². The minimum absolute atomic E-state index is 0.407. The summed E-state index contributed by atoms with van der Waals surface area (Å²) in [6.07, 6.45) is 9.73. The van der Waals surface area contributed by atoms with Gasteiger partial charge in [0, 0.05) is 42.5 Å². The lowest BCUT2D eigenvalue weighted by molar-refractivity contribution is -0.0102. The van der Waals surface area contributed by atoms with Gasteiger partial charge in [0.05, 0.1) is 29.6 Å². The van der Waals surface area contributed by atoms with Crippen LogP contribution in [0.1, 0.15) is 44.1 Å². The molecule has 2 aliphatic rings. The van der Waals surface area contributed by atoms with Gasteiger partial charge in [0.2, 0.25) is 0 Å². The summed E-state index contributed by atoms with van der Waals surface area (Å²) in [4.78, 5) is 13.8. The number of ether oxygens (including phenoxy) is 1. The Balaban J connectivity index is 1.15. The normalized spacial score (nSPS) is 22.2. The van der Waals surface area contributed by atoms with Crippen LogP contribution in [0.2, 0.25) is 0 Å². The van der Waals surface area contributed by atoms with Crippen molar-refractivity contribution in [2.45, 2.75) is 56.6 Å². The van der Waals surface area contributed by atoms with Gasteiger partial charge in [-0.25, -0.2) is 0 Å². The fourth-order valence-corrected chi connectivity index (χ4v) is 5.01. The Hall–Kier alpha value is -3.09. The van der Waals surface area contributed by atoms with Crippen LogP contribution in [0.5, 0.6) is 5.75 Å². The number of para-hydroxylation sites is 2. The van der Waals surface area contributed by atoms with Crippen molar-refractivity contribution >= 4 is 34.2 Å². The minimum atomic E-state index is -0.613. The summed E-state index contributed by atoms with van der Waals surface area (Å²) in [5.41, 5.74) is 4.54. The number of aromatic nitrogens is 1. The average Bonchev–Trinajstić information content (AvgIpc) is 3.09. The van der Waals surface area contributed by atoms with Crippen molar-refractivity contribution in [1.29, 1.82) is 0 Å². The number of hydrogen-bond acceptors (Lipinski definition) is 6. The molecule has 0 radical (unpaired) electrons. The van der Waals surface area contributed by atoms with E-state index in [4.69, 9.17) is 9.73 Å². The number of nitrogens with one attached hydrogen (secondary N) is 1. The van der Waals surface area contributed by atoms with Crippen molar-refractivity contribution in [2.75, 3.05) is 13.7 Å². The van der Waals surface area contributed by atoms with Crippen LogP contribution < -0.4 is 10.1 Å². The van der Waals surface area contributed by atoms with E-state index in [1.807, 2.05) is 54.9 Å².